The Labute approximate surface area is 140 Å². The Bertz CT molecular complexity index is 736. The fourth-order valence-corrected chi connectivity index (χ4v) is 2.13. The number of carbonyl (C=O) groups excluding carboxylic acids is 2. The summed E-state index contributed by atoms with van der Waals surface area (Å²) in [4.78, 5) is 23.7. The van der Waals surface area contributed by atoms with Gasteiger partial charge in [-0.25, -0.2) is 9.18 Å². The van der Waals surface area contributed by atoms with Crippen LogP contribution in [0, 0.1) is 5.82 Å². The molecule has 0 unspecified atom stereocenters. The van der Waals surface area contributed by atoms with Crippen molar-refractivity contribution in [3.63, 3.8) is 0 Å². The van der Waals surface area contributed by atoms with E-state index in [9.17, 15) is 14.0 Å². The van der Waals surface area contributed by atoms with Crippen LogP contribution in [0.15, 0.2) is 46.9 Å². The van der Waals surface area contributed by atoms with Crippen molar-refractivity contribution in [2.45, 2.75) is 0 Å². The van der Waals surface area contributed by atoms with Gasteiger partial charge in [0, 0.05) is 4.47 Å². The molecule has 0 spiro atoms. The normalized spacial score (nSPS) is 10.0. The first-order valence-corrected chi connectivity index (χ1v) is 7.35. The third-order valence-corrected chi connectivity index (χ3v) is 3.36. The third kappa shape index (κ3) is 4.53. The van der Waals surface area contributed by atoms with Gasteiger partial charge < -0.3 is 14.8 Å². The number of ether oxygens (including phenoxy) is 2. The maximum absolute atomic E-state index is 13.6. The molecule has 23 heavy (non-hydrogen) atoms. The highest BCUT2D eigenvalue weighted by Gasteiger charge is 2.15. The minimum Gasteiger partial charge on any atom is -0.496 e. The molecular weight excluding hydrogens is 369 g/mol. The van der Waals surface area contributed by atoms with Gasteiger partial charge in [-0.2, -0.15) is 0 Å². The molecule has 1 N–H and O–H groups in total. The second-order valence-corrected chi connectivity index (χ2v) is 5.36. The predicted molar refractivity (Wildman–Crippen MR) is 86.0 cm³/mol. The summed E-state index contributed by atoms with van der Waals surface area (Å²) in [5.74, 6) is -1.59. The van der Waals surface area contributed by atoms with E-state index < -0.39 is 24.3 Å². The number of hydrogen-bond donors (Lipinski definition) is 1. The second-order valence-electron chi connectivity index (χ2n) is 4.45. The second kappa shape index (κ2) is 7.73. The van der Waals surface area contributed by atoms with Gasteiger partial charge in [-0.05, 0) is 30.3 Å². The molecule has 7 heteroatoms. The number of rotatable bonds is 5. The highest BCUT2D eigenvalue weighted by atomic mass is 79.9. The Kier molecular flexibility index (Phi) is 5.70. The van der Waals surface area contributed by atoms with Crippen molar-refractivity contribution >= 4 is 33.5 Å². The van der Waals surface area contributed by atoms with E-state index in [4.69, 9.17) is 9.47 Å². The molecule has 0 bridgehead atoms. The van der Waals surface area contributed by atoms with Crippen molar-refractivity contribution in [1.82, 2.24) is 0 Å². The molecule has 2 rings (SSSR count). The average molecular weight is 382 g/mol. The molecule has 0 atom stereocenters. The monoisotopic (exact) mass is 381 g/mol. The molecule has 2 aromatic rings. The van der Waals surface area contributed by atoms with Gasteiger partial charge in [-0.3, -0.25) is 4.79 Å². The maximum Gasteiger partial charge on any atom is 0.342 e. The Hall–Kier alpha value is -2.41. The number of anilines is 1. The van der Waals surface area contributed by atoms with Crippen LogP contribution in [0.2, 0.25) is 0 Å². The van der Waals surface area contributed by atoms with E-state index in [0.717, 1.165) is 0 Å². The summed E-state index contributed by atoms with van der Waals surface area (Å²) in [6, 6.07) is 10.7. The molecule has 0 fully saturated rings. The molecule has 0 aliphatic rings. The number of hydrogen-bond acceptors (Lipinski definition) is 4. The summed E-state index contributed by atoms with van der Waals surface area (Å²) in [5.41, 5.74) is 0.212. The first-order valence-electron chi connectivity index (χ1n) is 6.56. The smallest absolute Gasteiger partial charge is 0.342 e. The van der Waals surface area contributed by atoms with Crippen LogP contribution in [-0.2, 0) is 9.53 Å². The van der Waals surface area contributed by atoms with Gasteiger partial charge in [0.2, 0.25) is 0 Å². The van der Waals surface area contributed by atoms with Gasteiger partial charge in [0.25, 0.3) is 5.91 Å². The van der Waals surface area contributed by atoms with Crippen molar-refractivity contribution in [3.8, 4) is 5.75 Å². The van der Waals surface area contributed by atoms with Gasteiger partial charge in [-0.1, -0.05) is 28.1 Å². The van der Waals surface area contributed by atoms with Crippen LogP contribution in [0.3, 0.4) is 0 Å². The quantitative estimate of drug-likeness (QED) is 0.806. The molecule has 0 aliphatic carbocycles. The number of nitrogens with one attached hydrogen (secondary N) is 1. The van der Waals surface area contributed by atoms with Gasteiger partial charge >= 0.3 is 5.97 Å². The van der Waals surface area contributed by atoms with Crippen LogP contribution >= 0.6 is 15.9 Å². The summed E-state index contributed by atoms with van der Waals surface area (Å²) in [6.07, 6.45) is 0. The molecule has 120 valence electrons. The molecule has 0 aromatic heterocycles. The van der Waals surface area contributed by atoms with Crippen molar-refractivity contribution in [3.05, 3.63) is 58.3 Å². The van der Waals surface area contributed by atoms with Crippen LogP contribution < -0.4 is 10.1 Å². The van der Waals surface area contributed by atoms with E-state index in [1.54, 1.807) is 24.3 Å². The number of carbonyl (C=O) groups is 2. The zero-order chi connectivity index (χ0) is 16.8. The third-order valence-electron chi connectivity index (χ3n) is 2.87. The molecule has 0 radical (unpaired) electrons. The fourth-order valence-electron chi connectivity index (χ4n) is 1.80. The molecule has 0 saturated heterocycles. The SMILES string of the molecule is COc1ccccc1C(=O)OCC(=O)Nc1ccc(Br)cc1F. The van der Waals surface area contributed by atoms with Crippen molar-refractivity contribution in [1.29, 1.82) is 0 Å². The summed E-state index contributed by atoms with van der Waals surface area (Å²) >= 11 is 3.12. The lowest BCUT2D eigenvalue weighted by Gasteiger charge is -2.09. The van der Waals surface area contributed by atoms with Crippen molar-refractivity contribution in [2.75, 3.05) is 19.0 Å². The maximum atomic E-state index is 13.6. The van der Waals surface area contributed by atoms with E-state index in [1.165, 1.54) is 25.3 Å². The van der Waals surface area contributed by atoms with Gasteiger partial charge in [0.1, 0.15) is 17.1 Å². The zero-order valence-corrected chi connectivity index (χ0v) is 13.7. The molecular formula is C16H13BrFNO4. The highest BCUT2D eigenvalue weighted by Crippen LogP contribution is 2.20. The van der Waals surface area contributed by atoms with Crippen molar-refractivity contribution < 1.29 is 23.5 Å². The van der Waals surface area contributed by atoms with Gasteiger partial charge in [-0.15, -0.1) is 0 Å². The van der Waals surface area contributed by atoms with Crippen LogP contribution in [0.1, 0.15) is 10.4 Å². The number of esters is 1. The average Bonchev–Trinajstić information content (AvgIpc) is 2.55. The lowest BCUT2D eigenvalue weighted by molar-refractivity contribution is -0.119. The molecule has 5 nitrogen and oxygen atoms in total. The Morgan fingerprint density at radius 3 is 2.65 bits per heavy atom. The van der Waals surface area contributed by atoms with Gasteiger partial charge in [0.05, 0.1) is 12.8 Å². The van der Waals surface area contributed by atoms with Crippen LogP contribution in [0.25, 0.3) is 0 Å². The summed E-state index contributed by atoms with van der Waals surface area (Å²) in [5, 5.41) is 2.33. The summed E-state index contributed by atoms with van der Waals surface area (Å²) in [6.45, 7) is -0.535. The van der Waals surface area contributed by atoms with E-state index in [-0.39, 0.29) is 11.3 Å². The van der Waals surface area contributed by atoms with Gasteiger partial charge in [0.15, 0.2) is 6.61 Å². The lowest BCUT2D eigenvalue weighted by atomic mass is 10.2. The van der Waals surface area contributed by atoms with E-state index in [2.05, 4.69) is 21.2 Å². The molecule has 1 amide bonds. The summed E-state index contributed by atoms with van der Waals surface area (Å²) in [7, 11) is 1.43. The number of amides is 1. The van der Waals surface area contributed by atoms with Crippen molar-refractivity contribution in [2.24, 2.45) is 0 Å². The molecule has 0 heterocycles. The van der Waals surface area contributed by atoms with Crippen LogP contribution in [0.4, 0.5) is 10.1 Å². The number of halogens is 2. The largest absolute Gasteiger partial charge is 0.496 e. The molecule has 0 aliphatic heterocycles. The highest BCUT2D eigenvalue weighted by molar-refractivity contribution is 9.10. The van der Waals surface area contributed by atoms with Crippen LogP contribution in [-0.4, -0.2) is 25.6 Å². The molecule has 0 saturated carbocycles. The number of benzene rings is 2. The minimum atomic E-state index is -0.700. The standard InChI is InChI=1S/C16H13BrFNO4/c1-22-14-5-3-2-4-11(14)16(21)23-9-15(20)19-13-7-6-10(17)8-12(13)18/h2-8H,9H2,1H3,(H,19,20). The minimum absolute atomic E-state index is 0.00606. The fraction of sp³-hybridized carbons (Fsp3) is 0.125. The van der Waals surface area contributed by atoms with Crippen LogP contribution in [0.5, 0.6) is 5.75 Å². The van der Waals surface area contributed by atoms with E-state index in [1.807, 2.05) is 0 Å². The Balaban J connectivity index is 1.95. The van der Waals surface area contributed by atoms with E-state index in [0.29, 0.717) is 10.2 Å². The first kappa shape index (κ1) is 17.0. The number of methoxy groups -OCH3 is 1. The Morgan fingerprint density at radius 1 is 1.22 bits per heavy atom. The molecule has 2 aromatic carbocycles. The summed E-state index contributed by atoms with van der Waals surface area (Å²) < 4.78 is 24.1. The number of para-hydroxylation sites is 1. The Morgan fingerprint density at radius 2 is 1.96 bits per heavy atom. The zero-order valence-electron chi connectivity index (χ0n) is 12.1. The lowest BCUT2D eigenvalue weighted by Crippen LogP contribution is -2.21. The predicted octanol–water partition coefficient (Wildman–Crippen LogP) is 3.39. The van der Waals surface area contributed by atoms with E-state index >= 15 is 0 Å². The topological polar surface area (TPSA) is 64.6 Å². The first-order chi connectivity index (χ1) is 11.0.